The fraction of sp³-hybridized carbons (Fsp3) is 0.500. The fourth-order valence-corrected chi connectivity index (χ4v) is 2.75. The maximum Gasteiger partial charge on any atom is 0.226 e. The van der Waals surface area contributed by atoms with Crippen LogP contribution in [-0.4, -0.2) is 10.2 Å². The molecule has 3 nitrogen and oxygen atoms in total. The van der Waals surface area contributed by atoms with E-state index in [4.69, 9.17) is 4.42 Å². The molecule has 0 spiro atoms. The fourth-order valence-electron chi connectivity index (χ4n) is 1.85. The van der Waals surface area contributed by atoms with E-state index >= 15 is 0 Å². The van der Waals surface area contributed by atoms with Crippen LogP contribution in [0.3, 0.4) is 0 Å². The number of thioether (sulfide) groups is 1. The lowest BCUT2D eigenvalue weighted by atomic mass is 9.87. The zero-order valence-electron chi connectivity index (χ0n) is 12.9. The number of rotatable bonds is 4. The molecule has 2 rings (SSSR count). The van der Waals surface area contributed by atoms with Gasteiger partial charge in [-0.2, -0.15) is 0 Å². The molecule has 0 unspecified atom stereocenters. The Labute approximate surface area is 125 Å². The molecule has 20 heavy (non-hydrogen) atoms. The molecule has 0 radical (unpaired) electrons. The molecule has 1 aromatic carbocycles. The van der Waals surface area contributed by atoms with Gasteiger partial charge < -0.3 is 4.42 Å². The van der Waals surface area contributed by atoms with Gasteiger partial charge in [0.05, 0.1) is 5.75 Å². The Bertz CT molecular complexity index is 584. The first-order chi connectivity index (χ1) is 9.40. The molecule has 0 atom stereocenters. The first-order valence-corrected chi connectivity index (χ1v) is 7.94. The molecule has 0 fully saturated rings. The molecule has 4 heteroatoms. The molecule has 1 heterocycles. The van der Waals surface area contributed by atoms with Crippen LogP contribution in [-0.2, 0) is 17.6 Å². The van der Waals surface area contributed by atoms with Gasteiger partial charge in [-0.05, 0) is 29.5 Å². The van der Waals surface area contributed by atoms with Crippen molar-refractivity contribution in [3.8, 4) is 0 Å². The maximum absolute atomic E-state index is 5.55. The number of nitrogens with zero attached hydrogens (tertiary/aromatic N) is 2. The van der Waals surface area contributed by atoms with Gasteiger partial charge in [0.2, 0.25) is 11.8 Å². The second-order valence-electron chi connectivity index (χ2n) is 5.96. The summed E-state index contributed by atoms with van der Waals surface area (Å²) in [6, 6.07) is 6.67. The van der Waals surface area contributed by atoms with Crippen molar-refractivity contribution >= 4 is 11.8 Å². The smallest absolute Gasteiger partial charge is 0.226 e. The summed E-state index contributed by atoms with van der Waals surface area (Å²) in [7, 11) is 0. The lowest BCUT2D eigenvalue weighted by molar-refractivity contribution is 0.470. The van der Waals surface area contributed by atoms with E-state index < -0.39 is 0 Å². The summed E-state index contributed by atoms with van der Waals surface area (Å²) < 4.78 is 5.55. The van der Waals surface area contributed by atoms with Crippen molar-refractivity contribution in [2.24, 2.45) is 0 Å². The van der Waals surface area contributed by atoms with Gasteiger partial charge in [0.15, 0.2) is 0 Å². The molecule has 0 amide bonds. The number of benzene rings is 1. The van der Waals surface area contributed by atoms with Gasteiger partial charge in [-0.15, -0.1) is 22.0 Å². The molecule has 0 aliphatic carbocycles. The summed E-state index contributed by atoms with van der Waals surface area (Å²) in [6.45, 7) is 10.9. The molecule has 0 aliphatic heterocycles. The minimum absolute atomic E-state index is 0.170. The first-order valence-electron chi connectivity index (χ1n) is 6.95. The Kier molecular flexibility index (Phi) is 4.53. The van der Waals surface area contributed by atoms with Crippen molar-refractivity contribution < 1.29 is 4.42 Å². The Morgan fingerprint density at radius 3 is 2.45 bits per heavy atom. The summed E-state index contributed by atoms with van der Waals surface area (Å²) in [5.74, 6) is 2.13. The van der Waals surface area contributed by atoms with Crippen molar-refractivity contribution in [3.05, 3.63) is 41.1 Å². The second kappa shape index (κ2) is 6.00. The van der Waals surface area contributed by atoms with E-state index in [0.29, 0.717) is 11.8 Å². The molecule has 0 saturated carbocycles. The standard InChI is InChI=1S/C16H22N2OS/c1-6-14-17-18-15(19-14)10-20-13-9-12(16(3,4)5)8-7-11(13)2/h7-9H,6,10H2,1-5H3. The molecule has 1 aromatic heterocycles. The third-order valence-corrected chi connectivity index (χ3v) is 4.36. The van der Waals surface area contributed by atoms with Gasteiger partial charge in [0.1, 0.15) is 0 Å². The van der Waals surface area contributed by atoms with E-state index in [1.165, 1.54) is 16.0 Å². The van der Waals surface area contributed by atoms with Crippen molar-refractivity contribution in [1.82, 2.24) is 10.2 Å². The molecular weight excluding hydrogens is 268 g/mol. The highest BCUT2D eigenvalue weighted by molar-refractivity contribution is 7.98. The van der Waals surface area contributed by atoms with E-state index in [1.807, 2.05) is 6.92 Å². The average Bonchev–Trinajstić information content (AvgIpc) is 2.84. The van der Waals surface area contributed by atoms with Crippen molar-refractivity contribution in [2.45, 2.75) is 57.1 Å². The monoisotopic (exact) mass is 290 g/mol. The summed E-state index contributed by atoms with van der Waals surface area (Å²) in [6.07, 6.45) is 0.788. The zero-order valence-corrected chi connectivity index (χ0v) is 13.7. The Hall–Kier alpha value is -1.29. The van der Waals surface area contributed by atoms with Crippen LogP contribution < -0.4 is 0 Å². The van der Waals surface area contributed by atoms with E-state index in [1.54, 1.807) is 11.8 Å². The highest BCUT2D eigenvalue weighted by Gasteiger charge is 2.15. The number of aryl methyl sites for hydroxylation is 2. The van der Waals surface area contributed by atoms with Crippen LogP contribution >= 0.6 is 11.8 Å². The van der Waals surface area contributed by atoms with E-state index in [0.717, 1.165) is 12.2 Å². The van der Waals surface area contributed by atoms with Crippen LogP contribution in [0.4, 0.5) is 0 Å². The van der Waals surface area contributed by atoms with Gasteiger partial charge in [-0.25, -0.2) is 0 Å². The van der Waals surface area contributed by atoms with Gasteiger partial charge >= 0.3 is 0 Å². The molecule has 108 valence electrons. The van der Waals surface area contributed by atoms with Crippen molar-refractivity contribution in [2.75, 3.05) is 0 Å². The number of hydrogen-bond acceptors (Lipinski definition) is 4. The largest absolute Gasteiger partial charge is 0.424 e. The maximum atomic E-state index is 5.55. The third kappa shape index (κ3) is 3.63. The van der Waals surface area contributed by atoms with E-state index in [2.05, 4.69) is 56.1 Å². The second-order valence-corrected chi connectivity index (χ2v) is 6.98. The number of hydrogen-bond donors (Lipinski definition) is 0. The highest BCUT2D eigenvalue weighted by Crippen LogP contribution is 2.31. The Morgan fingerprint density at radius 1 is 1.15 bits per heavy atom. The predicted molar refractivity (Wildman–Crippen MR) is 83.1 cm³/mol. The van der Waals surface area contributed by atoms with Crippen LogP contribution in [0.1, 0.15) is 50.6 Å². The summed E-state index contributed by atoms with van der Waals surface area (Å²) in [5, 5.41) is 8.06. The van der Waals surface area contributed by atoms with Crippen LogP contribution in [0, 0.1) is 6.92 Å². The van der Waals surface area contributed by atoms with Gasteiger partial charge in [-0.3, -0.25) is 0 Å². The Balaban J connectivity index is 2.12. The van der Waals surface area contributed by atoms with Gasteiger partial charge in [0.25, 0.3) is 0 Å². The molecule has 2 aromatic rings. The molecular formula is C16H22N2OS. The number of aromatic nitrogens is 2. The highest BCUT2D eigenvalue weighted by atomic mass is 32.2. The lowest BCUT2D eigenvalue weighted by Crippen LogP contribution is -2.11. The van der Waals surface area contributed by atoms with Crippen LogP contribution in [0.5, 0.6) is 0 Å². The molecule has 0 aliphatic rings. The molecule has 0 bridgehead atoms. The lowest BCUT2D eigenvalue weighted by Gasteiger charge is -2.20. The van der Waals surface area contributed by atoms with Gasteiger partial charge in [-0.1, -0.05) is 39.8 Å². The van der Waals surface area contributed by atoms with E-state index in [-0.39, 0.29) is 5.41 Å². The molecule has 0 saturated heterocycles. The predicted octanol–water partition coefficient (Wildman–Crippen LogP) is 4.53. The first kappa shape index (κ1) is 15.1. The quantitative estimate of drug-likeness (QED) is 0.775. The average molecular weight is 290 g/mol. The third-order valence-electron chi connectivity index (χ3n) is 3.22. The minimum Gasteiger partial charge on any atom is -0.424 e. The zero-order chi connectivity index (χ0) is 14.8. The Morgan fingerprint density at radius 2 is 1.85 bits per heavy atom. The minimum atomic E-state index is 0.170. The normalized spacial score (nSPS) is 11.8. The molecule has 0 N–H and O–H groups in total. The van der Waals surface area contributed by atoms with E-state index in [9.17, 15) is 0 Å². The van der Waals surface area contributed by atoms with Crippen molar-refractivity contribution in [3.63, 3.8) is 0 Å². The van der Waals surface area contributed by atoms with Crippen molar-refractivity contribution in [1.29, 1.82) is 0 Å². The summed E-state index contributed by atoms with van der Waals surface area (Å²) >= 11 is 1.76. The van der Waals surface area contributed by atoms with Crippen LogP contribution in [0.15, 0.2) is 27.5 Å². The SMILES string of the molecule is CCc1nnc(CSc2cc(C(C)(C)C)ccc2C)o1. The summed E-state index contributed by atoms with van der Waals surface area (Å²) in [5.41, 5.74) is 2.81. The van der Waals surface area contributed by atoms with Gasteiger partial charge in [0, 0.05) is 11.3 Å². The van der Waals surface area contributed by atoms with Crippen LogP contribution in [0.2, 0.25) is 0 Å². The summed E-state index contributed by atoms with van der Waals surface area (Å²) in [4.78, 5) is 1.29. The topological polar surface area (TPSA) is 38.9 Å². The van der Waals surface area contributed by atoms with Crippen LogP contribution in [0.25, 0.3) is 0 Å².